The summed E-state index contributed by atoms with van der Waals surface area (Å²) in [7, 11) is 0. The first kappa shape index (κ1) is 22.3. The number of carbonyl (C=O) groups is 4. The molecule has 2 saturated heterocycles. The highest BCUT2D eigenvalue weighted by Gasteiger charge is 2.40. The number of likely N-dealkylation sites (tertiary alicyclic amines) is 1. The molecule has 8 heteroatoms. The van der Waals surface area contributed by atoms with Crippen molar-refractivity contribution in [3.63, 3.8) is 0 Å². The molecule has 2 aromatic rings. The van der Waals surface area contributed by atoms with E-state index in [-0.39, 0.29) is 29.6 Å². The highest BCUT2D eigenvalue weighted by Crippen LogP contribution is 2.35. The molecule has 0 aliphatic carbocycles. The van der Waals surface area contributed by atoms with E-state index in [2.05, 4.69) is 17.4 Å². The molecule has 1 atom stereocenters. The van der Waals surface area contributed by atoms with Gasteiger partial charge in [0.1, 0.15) is 6.04 Å². The van der Waals surface area contributed by atoms with E-state index >= 15 is 0 Å². The fraction of sp³-hybridized carbons (Fsp3) is 0.385. The van der Waals surface area contributed by atoms with Gasteiger partial charge in [0, 0.05) is 49.1 Å². The van der Waals surface area contributed by atoms with Crippen LogP contribution in [-0.4, -0.2) is 59.1 Å². The van der Waals surface area contributed by atoms with Crippen molar-refractivity contribution in [2.24, 2.45) is 5.73 Å². The molecule has 0 radical (unpaired) electrons. The Morgan fingerprint density at radius 3 is 2.47 bits per heavy atom. The predicted octanol–water partition coefficient (Wildman–Crippen LogP) is 1.58. The molecule has 0 bridgehead atoms. The van der Waals surface area contributed by atoms with E-state index in [1.54, 1.807) is 18.2 Å². The third-order valence-electron chi connectivity index (χ3n) is 7.56. The van der Waals surface area contributed by atoms with E-state index in [9.17, 15) is 19.2 Å². The van der Waals surface area contributed by atoms with E-state index in [0.29, 0.717) is 43.7 Å². The van der Waals surface area contributed by atoms with Gasteiger partial charge in [-0.15, -0.1) is 0 Å². The molecular weight excluding hydrogens is 432 g/mol. The summed E-state index contributed by atoms with van der Waals surface area (Å²) in [6.07, 6.45) is 2.09. The van der Waals surface area contributed by atoms with Gasteiger partial charge in [-0.05, 0) is 42.5 Å². The zero-order valence-corrected chi connectivity index (χ0v) is 19.0. The first-order valence-corrected chi connectivity index (χ1v) is 11.7. The quantitative estimate of drug-likeness (QED) is 0.673. The molecule has 34 heavy (non-hydrogen) atoms. The number of nitrogens with two attached hydrogens (primary N) is 1. The molecule has 4 amide bonds. The van der Waals surface area contributed by atoms with E-state index < -0.39 is 11.9 Å². The minimum atomic E-state index is -0.666. The Balaban J connectivity index is 1.29. The first-order chi connectivity index (χ1) is 16.4. The van der Waals surface area contributed by atoms with Crippen LogP contribution in [0.1, 0.15) is 57.5 Å². The lowest BCUT2D eigenvalue weighted by atomic mass is 9.73. The fourth-order valence-corrected chi connectivity index (χ4v) is 5.41. The second kappa shape index (κ2) is 8.68. The number of nitrogens with one attached hydrogen (secondary N) is 1. The van der Waals surface area contributed by atoms with Gasteiger partial charge in [0.25, 0.3) is 11.8 Å². The largest absolute Gasteiger partial charge is 0.339 e. The topological polar surface area (TPSA) is 113 Å². The van der Waals surface area contributed by atoms with Gasteiger partial charge in [-0.25, -0.2) is 0 Å². The van der Waals surface area contributed by atoms with Crippen molar-refractivity contribution in [3.05, 3.63) is 70.8 Å². The summed E-state index contributed by atoms with van der Waals surface area (Å²) in [5, 5.41) is 2.31. The Labute approximate surface area is 198 Å². The molecule has 2 fully saturated rings. The Morgan fingerprint density at radius 2 is 1.79 bits per heavy atom. The molecule has 3 aliphatic rings. The molecule has 0 saturated carbocycles. The van der Waals surface area contributed by atoms with Crippen LogP contribution in [-0.2, 0) is 21.5 Å². The number of fused-ring (bicyclic) bond motifs is 1. The van der Waals surface area contributed by atoms with Crippen LogP contribution in [0.3, 0.4) is 0 Å². The number of rotatable bonds is 4. The number of nitrogens with zero attached hydrogens (tertiary/aromatic N) is 2. The van der Waals surface area contributed by atoms with Gasteiger partial charge < -0.3 is 15.5 Å². The molecule has 3 heterocycles. The maximum absolute atomic E-state index is 13.3. The van der Waals surface area contributed by atoms with Crippen molar-refractivity contribution in [3.8, 4) is 0 Å². The molecule has 8 nitrogen and oxygen atoms in total. The highest BCUT2D eigenvalue weighted by atomic mass is 16.2. The second-order valence-electron chi connectivity index (χ2n) is 9.41. The van der Waals surface area contributed by atoms with E-state index in [1.165, 1.54) is 10.5 Å². The Hall–Kier alpha value is -3.52. The standard InChI is InChI=1S/C26H28N4O4/c27-16-26(19-4-2-1-3-5-19)10-12-29(13-11-26)24(33)17-6-7-18-15-30(25(34)20(18)14-17)21-8-9-22(31)28-23(21)32/h1-7,14,21H,8-13,15-16,27H2,(H,28,31,32). The van der Waals surface area contributed by atoms with Crippen molar-refractivity contribution in [2.75, 3.05) is 19.6 Å². The highest BCUT2D eigenvalue weighted by molar-refractivity contribution is 6.06. The average Bonchev–Trinajstić information content (AvgIpc) is 3.19. The monoisotopic (exact) mass is 460 g/mol. The lowest BCUT2D eigenvalue weighted by Crippen LogP contribution is -2.52. The van der Waals surface area contributed by atoms with Gasteiger partial charge in [0.2, 0.25) is 11.8 Å². The molecule has 5 rings (SSSR count). The van der Waals surface area contributed by atoms with Gasteiger partial charge in [0.05, 0.1) is 0 Å². The van der Waals surface area contributed by atoms with E-state index in [1.807, 2.05) is 23.1 Å². The van der Waals surface area contributed by atoms with Crippen molar-refractivity contribution < 1.29 is 19.2 Å². The van der Waals surface area contributed by atoms with Gasteiger partial charge in [-0.3, -0.25) is 24.5 Å². The zero-order chi connectivity index (χ0) is 23.9. The minimum Gasteiger partial charge on any atom is -0.339 e. The van der Waals surface area contributed by atoms with Crippen LogP contribution in [0, 0.1) is 0 Å². The molecule has 176 valence electrons. The number of benzene rings is 2. The van der Waals surface area contributed by atoms with Gasteiger partial charge >= 0.3 is 0 Å². The number of carbonyl (C=O) groups excluding carboxylic acids is 4. The van der Waals surface area contributed by atoms with Crippen LogP contribution in [0.15, 0.2) is 48.5 Å². The lowest BCUT2D eigenvalue weighted by Gasteiger charge is -2.41. The number of amides is 4. The summed E-state index contributed by atoms with van der Waals surface area (Å²) in [6, 6.07) is 14.8. The number of imide groups is 1. The SMILES string of the molecule is NCC1(c2ccccc2)CCN(C(=O)c2ccc3c(c2)C(=O)N(C2CCC(=O)NC2=O)C3)CC1. The van der Waals surface area contributed by atoms with Crippen molar-refractivity contribution >= 4 is 23.6 Å². The first-order valence-electron chi connectivity index (χ1n) is 11.7. The average molecular weight is 461 g/mol. The number of piperidine rings is 2. The summed E-state index contributed by atoms with van der Waals surface area (Å²) in [4.78, 5) is 53.4. The van der Waals surface area contributed by atoms with Crippen LogP contribution in [0.2, 0.25) is 0 Å². The number of hydrogen-bond donors (Lipinski definition) is 2. The molecule has 0 aromatic heterocycles. The maximum atomic E-state index is 13.3. The fourth-order valence-electron chi connectivity index (χ4n) is 5.41. The van der Waals surface area contributed by atoms with Crippen LogP contribution in [0.25, 0.3) is 0 Å². The lowest BCUT2D eigenvalue weighted by molar-refractivity contribution is -0.136. The van der Waals surface area contributed by atoms with Gasteiger partial charge in [-0.2, -0.15) is 0 Å². The second-order valence-corrected chi connectivity index (χ2v) is 9.41. The van der Waals surface area contributed by atoms with E-state index in [4.69, 9.17) is 5.73 Å². The third kappa shape index (κ3) is 3.77. The Kier molecular flexibility index (Phi) is 5.69. The third-order valence-corrected chi connectivity index (χ3v) is 7.56. The number of hydrogen-bond acceptors (Lipinski definition) is 5. The summed E-state index contributed by atoms with van der Waals surface area (Å²) in [6.45, 7) is 2.02. The molecule has 1 unspecified atom stereocenters. The minimum absolute atomic E-state index is 0.103. The van der Waals surface area contributed by atoms with Gasteiger partial charge in [-0.1, -0.05) is 36.4 Å². The molecule has 3 N–H and O–H groups in total. The summed E-state index contributed by atoms with van der Waals surface area (Å²) in [5.74, 6) is -1.13. The predicted molar refractivity (Wildman–Crippen MR) is 125 cm³/mol. The van der Waals surface area contributed by atoms with E-state index in [0.717, 1.165) is 18.4 Å². The summed E-state index contributed by atoms with van der Waals surface area (Å²) in [5.41, 5.74) is 8.97. The smallest absolute Gasteiger partial charge is 0.255 e. The normalized spacial score (nSPS) is 21.9. The molecule has 3 aliphatic heterocycles. The molecular formula is C26H28N4O4. The van der Waals surface area contributed by atoms with Crippen molar-refractivity contribution in [1.29, 1.82) is 0 Å². The van der Waals surface area contributed by atoms with Crippen LogP contribution in [0.4, 0.5) is 0 Å². The maximum Gasteiger partial charge on any atom is 0.255 e. The summed E-state index contributed by atoms with van der Waals surface area (Å²) >= 11 is 0. The Bertz CT molecular complexity index is 1150. The van der Waals surface area contributed by atoms with Crippen LogP contribution < -0.4 is 11.1 Å². The van der Waals surface area contributed by atoms with Crippen molar-refractivity contribution in [1.82, 2.24) is 15.1 Å². The van der Waals surface area contributed by atoms with Crippen LogP contribution in [0.5, 0.6) is 0 Å². The van der Waals surface area contributed by atoms with Gasteiger partial charge in [0.15, 0.2) is 0 Å². The Morgan fingerprint density at radius 1 is 1.06 bits per heavy atom. The van der Waals surface area contributed by atoms with Crippen LogP contribution >= 0.6 is 0 Å². The molecule has 0 spiro atoms. The summed E-state index contributed by atoms with van der Waals surface area (Å²) < 4.78 is 0. The molecule has 2 aromatic carbocycles. The van der Waals surface area contributed by atoms with Crippen molar-refractivity contribution in [2.45, 2.75) is 43.7 Å². The zero-order valence-electron chi connectivity index (χ0n) is 19.0.